The fourth-order valence-corrected chi connectivity index (χ4v) is 2.56. The van der Waals surface area contributed by atoms with Crippen LogP contribution in [0.25, 0.3) is 0 Å². The summed E-state index contributed by atoms with van der Waals surface area (Å²) >= 11 is 0. The van der Waals surface area contributed by atoms with Crippen LogP contribution in [0.4, 0.5) is 0 Å². The zero-order valence-corrected chi connectivity index (χ0v) is 12.4. The normalized spacial score (nSPS) is 15.5. The van der Waals surface area contributed by atoms with Crippen LogP contribution in [0.1, 0.15) is 36.8 Å². The van der Waals surface area contributed by atoms with Crippen molar-refractivity contribution in [3.05, 3.63) is 53.8 Å². The number of rotatable bonds is 4. The zero-order valence-electron chi connectivity index (χ0n) is 12.4. The summed E-state index contributed by atoms with van der Waals surface area (Å²) in [4.78, 5) is 20.7. The number of hydrogen-bond acceptors (Lipinski definition) is 5. The van der Waals surface area contributed by atoms with Crippen molar-refractivity contribution in [2.24, 2.45) is 0 Å². The van der Waals surface area contributed by atoms with Gasteiger partial charge in [0.25, 0.3) is 0 Å². The van der Waals surface area contributed by atoms with Gasteiger partial charge in [-0.2, -0.15) is 10.4 Å². The van der Waals surface area contributed by atoms with Crippen LogP contribution in [0.15, 0.2) is 36.5 Å². The summed E-state index contributed by atoms with van der Waals surface area (Å²) < 4.78 is 3.16. The standard InChI is InChI=1S/C13H14N6O.C2H4/c14-5-1-2-8-18-13(20)19-11(3-4-12(19)17-18)10-9-15-6-7-16-10;1-2/h6-7,9,11H,1-4,8H2;1-2H2. The molecule has 3 heterocycles. The molecule has 7 nitrogen and oxygen atoms in total. The highest BCUT2D eigenvalue weighted by Crippen LogP contribution is 2.27. The van der Waals surface area contributed by atoms with Gasteiger partial charge in [0.15, 0.2) is 0 Å². The third kappa shape index (κ3) is 2.96. The van der Waals surface area contributed by atoms with Crippen LogP contribution in [-0.2, 0) is 13.0 Å². The average molecular weight is 298 g/mol. The van der Waals surface area contributed by atoms with E-state index in [9.17, 15) is 4.79 Å². The molecule has 1 aliphatic rings. The van der Waals surface area contributed by atoms with E-state index in [4.69, 9.17) is 5.26 Å². The van der Waals surface area contributed by atoms with E-state index in [-0.39, 0.29) is 11.7 Å². The predicted octanol–water partition coefficient (Wildman–Crippen LogP) is 1.48. The first-order valence-corrected chi connectivity index (χ1v) is 7.12. The van der Waals surface area contributed by atoms with Gasteiger partial charge in [0, 0.05) is 31.8 Å². The number of aryl methyl sites for hydroxylation is 2. The lowest BCUT2D eigenvalue weighted by atomic mass is 10.1. The second kappa shape index (κ2) is 7.31. The molecular weight excluding hydrogens is 280 g/mol. The molecule has 0 aromatic carbocycles. The summed E-state index contributed by atoms with van der Waals surface area (Å²) in [5.41, 5.74) is 0.677. The molecule has 0 fully saturated rings. The Morgan fingerprint density at radius 2 is 2.23 bits per heavy atom. The lowest BCUT2D eigenvalue weighted by Crippen LogP contribution is -2.27. The highest BCUT2D eigenvalue weighted by molar-refractivity contribution is 5.12. The Hall–Kier alpha value is -2.75. The van der Waals surface area contributed by atoms with Crippen molar-refractivity contribution in [1.29, 1.82) is 5.26 Å². The van der Waals surface area contributed by atoms with Gasteiger partial charge in [-0.1, -0.05) is 0 Å². The molecule has 0 spiro atoms. The minimum atomic E-state index is -0.119. The van der Waals surface area contributed by atoms with Gasteiger partial charge in [0.05, 0.1) is 24.0 Å². The van der Waals surface area contributed by atoms with Crippen molar-refractivity contribution in [3.63, 3.8) is 0 Å². The predicted molar refractivity (Wildman–Crippen MR) is 81.1 cm³/mol. The first-order chi connectivity index (χ1) is 10.8. The fraction of sp³-hybridized carbons (Fsp3) is 0.400. The molecule has 0 aliphatic carbocycles. The van der Waals surface area contributed by atoms with Crippen LogP contribution < -0.4 is 5.69 Å². The summed E-state index contributed by atoms with van der Waals surface area (Å²) in [6, 6.07) is 2.00. The Balaban J connectivity index is 0.000000847. The van der Waals surface area contributed by atoms with Gasteiger partial charge in [-0.3, -0.25) is 14.5 Å². The van der Waals surface area contributed by atoms with Crippen molar-refractivity contribution in [3.8, 4) is 6.07 Å². The van der Waals surface area contributed by atoms with Crippen molar-refractivity contribution in [2.45, 2.75) is 38.3 Å². The molecule has 0 N–H and O–H groups in total. The Bertz CT molecular complexity index is 712. The summed E-state index contributed by atoms with van der Waals surface area (Å²) in [5.74, 6) is 0.794. The molecule has 0 saturated carbocycles. The number of nitriles is 1. The van der Waals surface area contributed by atoms with Crippen LogP contribution in [0.5, 0.6) is 0 Å². The van der Waals surface area contributed by atoms with E-state index in [1.54, 1.807) is 23.2 Å². The molecule has 22 heavy (non-hydrogen) atoms. The molecule has 1 atom stereocenters. The number of fused-ring (bicyclic) bond motifs is 1. The molecule has 3 rings (SSSR count). The van der Waals surface area contributed by atoms with E-state index < -0.39 is 0 Å². The van der Waals surface area contributed by atoms with E-state index in [0.29, 0.717) is 19.4 Å². The van der Waals surface area contributed by atoms with Crippen LogP contribution >= 0.6 is 0 Å². The van der Waals surface area contributed by atoms with Gasteiger partial charge < -0.3 is 0 Å². The first kappa shape index (κ1) is 15.6. The summed E-state index contributed by atoms with van der Waals surface area (Å²) in [6.07, 6.45) is 7.62. The highest BCUT2D eigenvalue weighted by atomic mass is 16.2. The van der Waals surface area contributed by atoms with E-state index >= 15 is 0 Å². The van der Waals surface area contributed by atoms with Crippen molar-refractivity contribution >= 4 is 0 Å². The van der Waals surface area contributed by atoms with Gasteiger partial charge in [-0.15, -0.1) is 13.2 Å². The van der Waals surface area contributed by atoms with Gasteiger partial charge >= 0.3 is 5.69 Å². The molecular formula is C15H18N6O. The van der Waals surface area contributed by atoms with E-state index in [1.807, 2.05) is 0 Å². The second-order valence-electron chi connectivity index (χ2n) is 4.74. The van der Waals surface area contributed by atoms with Crippen LogP contribution in [0.3, 0.4) is 0 Å². The third-order valence-corrected chi connectivity index (χ3v) is 3.48. The SMILES string of the molecule is C=C.N#CCCCn1nc2n(c1=O)C(c1cnccn1)CC2. The van der Waals surface area contributed by atoms with Crippen LogP contribution in [0, 0.1) is 11.3 Å². The minimum absolute atomic E-state index is 0.0732. The molecule has 1 unspecified atom stereocenters. The number of aromatic nitrogens is 5. The molecule has 2 aromatic heterocycles. The van der Waals surface area contributed by atoms with Gasteiger partial charge in [-0.05, 0) is 12.8 Å². The van der Waals surface area contributed by atoms with Crippen molar-refractivity contribution < 1.29 is 0 Å². The van der Waals surface area contributed by atoms with Crippen molar-refractivity contribution in [2.75, 3.05) is 0 Å². The van der Waals surface area contributed by atoms with Crippen molar-refractivity contribution in [1.82, 2.24) is 24.3 Å². The third-order valence-electron chi connectivity index (χ3n) is 3.48. The van der Waals surface area contributed by atoms with E-state index in [2.05, 4.69) is 34.3 Å². The number of hydrogen-bond donors (Lipinski definition) is 0. The highest BCUT2D eigenvalue weighted by Gasteiger charge is 2.29. The van der Waals surface area contributed by atoms with Crippen LogP contribution in [0.2, 0.25) is 0 Å². The van der Waals surface area contributed by atoms with Gasteiger partial charge in [0.2, 0.25) is 0 Å². The Labute approximate surface area is 128 Å². The second-order valence-corrected chi connectivity index (χ2v) is 4.74. The van der Waals surface area contributed by atoms with Crippen LogP contribution in [-0.4, -0.2) is 24.3 Å². The first-order valence-electron chi connectivity index (χ1n) is 7.12. The molecule has 1 aliphatic heterocycles. The minimum Gasteiger partial charge on any atom is -0.270 e. The lowest BCUT2D eigenvalue weighted by molar-refractivity contribution is 0.517. The Morgan fingerprint density at radius 1 is 1.41 bits per heavy atom. The molecule has 0 bridgehead atoms. The topological polar surface area (TPSA) is 89.4 Å². The maximum absolute atomic E-state index is 12.4. The smallest absolute Gasteiger partial charge is 0.270 e. The summed E-state index contributed by atoms with van der Waals surface area (Å²) in [6.45, 7) is 6.49. The van der Waals surface area contributed by atoms with E-state index in [0.717, 1.165) is 24.4 Å². The largest absolute Gasteiger partial charge is 0.346 e. The maximum atomic E-state index is 12.4. The lowest BCUT2D eigenvalue weighted by Gasteiger charge is -2.10. The number of nitrogens with zero attached hydrogens (tertiary/aromatic N) is 6. The molecule has 0 saturated heterocycles. The number of unbranched alkanes of at least 4 members (excludes halogenated alkanes) is 1. The Kier molecular flexibility index (Phi) is 5.20. The zero-order chi connectivity index (χ0) is 15.9. The maximum Gasteiger partial charge on any atom is 0.346 e. The monoisotopic (exact) mass is 298 g/mol. The van der Waals surface area contributed by atoms with E-state index in [1.165, 1.54) is 4.68 Å². The molecule has 2 aromatic rings. The average Bonchev–Trinajstić information content (AvgIpc) is 3.12. The molecule has 7 heteroatoms. The molecule has 114 valence electrons. The van der Waals surface area contributed by atoms with Gasteiger partial charge in [-0.25, -0.2) is 9.48 Å². The Morgan fingerprint density at radius 3 is 2.91 bits per heavy atom. The quantitative estimate of drug-likeness (QED) is 0.630. The van der Waals surface area contributed by atoms with Gasteiger partial charge in [0.1, 0.15) is 5.82 Å². The fourth-order valence-electron chi connectivity index (χ4n) is 2.56. The molecule has 0 amide bonds. The molecule has 0 radical (unpaired) electrons. The summed E-state index contributed by atoms with van der Waals surface area (Å²) in [7, 11) is 0. The summed E-state index contributed by atoms with van der Waals surface area (Å²) in [5, 5.41) is 12.9.